The number of fused-ring (bicyclic) bond motifs is 5. The third kappa shape index (κ3) is 5.28. The van der Waals surface area contributed by atoms with Crippen molar-refractivity contribution in [3.8, 4) is 0 Å². The van der Waals surface area contributed by atoms with E-state index in [0.29, 0.717) is 47.5 Å². The molecule has 224 valence electrons. The summed E-state index contributed by atoms with van der Waals surface area (Å²) < 4.78 is 27.5. The SMILES string of the molecule is CC[C@H]1[C@@H](O)C2C3CC[C@H]([C@H](C)CCCS(=O)(=O)NC(=O)c4ccccc4)[C@@]3(C)CCC2[C@@]2(C)CC[C@@H](O)C[C@@H]12. The Bertz CT molecular complexity index is 1160. The summed E-state index contributed by atoms with van der Waals surface area (Å²) in [5.41, 5.74) is 0.713. The van der Waals surface area contributed by atoms with Crippen molar-refractivity contribution in [3.05, 3.63) is 35.9 Å². The Morgan fingerprint density at radius 3 is 2.38 bits per heavy atom. The summed E-state index contributed by atoms with van der Waals surface area (Å²) in [6, 6.07) is 8.46. The van der Waals surface area contributed by atoms with Gasteiger partial charge in [0.15, 0.2) is 0 Å². The number of carbonyl (C=O) groups excluding carboxylic acids is 1. The molecule has 0 aromatic heterocycles. The summed E-state index contributed by atoms with van der Waals surface area (Å²) in [6.45, 7) is 9.44. The number of aliphatic hydroxyl groups is 2. The third-order valence-corrected chi connectivity index (χ3v) is 13.8. The molecule has 1 amide bonds. The minimum Gasteiger partial charge on any atom is -0.393 e. The lowest BCUT2D eigenvalue weighted by Crippen LogP contribution is -2.62. The molecule has 0 spiro atoms. The highest BCUT2D eigenvalue weighted by Crippen LogP contribution is 2.69. The Hall–Kier alpha value is -1.44. The Morgan fingerprint density at radius 2 is 1.68 bits per heavy atom. The van der Waals surface area contributed by atoms with Crippen molar-refractivity contribution in [2.24, 2.45) is 52.3 Å². The van der Waals surface area contributed by atoms with E-state index in [0.717, 1.165) is 51.4 Å². The van der Waals surface area contributed by atoms with Gasteiger partial charge in [-0.25, -0.2) is 13.1 Å². The molecule has 1 aromatic rings. The molecule has 6 nitrogen and oxygen atoms in total. The third-order valence-electron chi connectivity index (χ3n) is 12.5. The zero-order valence-corrected chi connectivity index (χ0v) is 25.7. The van der Waals surface area contributed by atoms with Crippen LogP contribution < -0.4 is 4.72 Å². The van der Waals surface area contributed by atoms with Gasteiger partial charge in [0.05, 0.1) is 18.0 Å². The zero-order chi connectivity index (χ0) is 28.9. The lowest BCUT2D eigenvalue weighted by Gasteiger charge is -2.64. The summed E-state index contributed by atoms with van der Waals surface area (Å²) >= 11 is 0. The maximum absolute atomic E-state index is 12.7. The first-order valence-corrected chi connectivity index (χ1v) is 17.5. The van der Waals surface area contributed by atoms with Crippen LogP contribution in [0.2, 0.25) is 0 Å². The topological polar surface area (TPSA) is 104 Å². The smallest absolute Gasteiger partial charge is 0.264 e. The summed E-state index contributed by atoms with van der Waals surface area (Å²) in [5.74, 6) is 2.31. The van der Waals surface area contributed by atoms with Crippen molar-refractivity contribution in [2.45, 2.75) is 104 Å². The molecule has 40 heavy (non-hydrogen) atoms. The van der Waals surface area contributed by atoms with Gasteiger partial charge in [-0.15, -0.1) is 0 Å². The van der Waals surface area contributed by atoms with Crippen molar-refractivity contribution in [2.75, 3.05) is 5.75 Å². The predicted octanol–water partition coefficient (Wildman–Crippen LogP) is 5.79. The largest absolute Gasteiger partial charge is 0.393 e. The van der Waals surface area contributed by atoms with Crippen molar-refractivity contribution < 1.29 is 23.4 Å². The molecular weight excluding hydrogens is 522 g/mol. The molecule has 5 rings (SSSR count). The molecule has 4 aliphatic rings. The van der Waals surface area contributed by atoms with Gasteiger partial charge in [0.2, 0.25) is 10.0 Å². The van der Waals surface area contributed by atoms with Gasteiger partial charge in [-0.1, -0.05) is 52.3 Å². The van der Waals surface area contributed by atoms with Gasteiger partial charge in [-0.3, -0.25) is 4.79 Å². The van der Waals surface area contributed by atoms with Crippen LogP contribution in [0, 0.1) is 52.3 Å². The standard InChI is InChI=1S/C33H51NO5S/c1-5-24-28-20-23(35)15-17-33(28,4)27-16-18-32(3)25(13-14-26(32)29(27)30(24)36)21(2)10-9-19-40(38,39)34-31(37)22-11-7-6-8-12-22/h6-8,11-12,21,23-30,35-36H,5,9-10,13-20H2,1-4H3,(H,34,37)/t21-,23-,24-,25-,26?,27?,28+,29?,30-,32-,33-/m1/s1. The number of benzene rings is 1. The van der Waals surface area contributed by atoms with Gasteiger partial charge in [0.25, 0.3) is 5.91 Å². The molecule has 0 bridgehead atoms. The number of hydrogen-bond acceptors (Lipinski definition) is 5. The van der Waals surface area contributed by atoms with Crippen molar-refractivity contribution >= 4 is 15.9 Å². The molecule has 4 fully saturated rings. The molecule has 0 radical (unpaired) electrons. The highest BCUT2D eigenvalue weighted by atomic mass is 32.2. The summed E-state index contributed by atoms with van der Waals surface area (Å²) in [4.78, 5) is 12.4. The molecule has 3 N–H and O–H groups in total. The number of carbonyl (C=O) groups is 1. The van der Waals surface area contributed by atoms with Crippen molar-refractivity contribution in [1.29, 1.82) is 0 Å². The number of hydrogen-bond donors (Lipinski definition) is 3. The summed E-state index contributed by atoms with van der Waals surface area (Å²) in [6.07, 6.45) is 9.21. The van der Waals surface area contributed by atoms with Crippen LogP contribution in [0.1, 0.15) is 102 Å². The molecule has 7 heteroatoms. The fourth-order valence-electron chi connectivity index (χ4n) is 10.6. The lowest BCUT2D eigenvalue weighted by molar-refractivity contribution is -0.203. The molecule has 0 aliphatic heterocycles. The van der Waals surface area contributed by atoms with E-state index >= 15 is 0 Å². The maximum Gasteiger partial charge on any atom is 0.264 e. The van der Waals surface area contributed by atoms with E-state index in [1.165, 1.54) is 6.42 Å². The molecule has 4 aliphatic carbocycles. The van der Waals surface area contributed by atoms with Crippen LogP contribution >= 0.6 is 0 Å². The van der Waals surface area contributed by atoms with Crippen LogP contribution in [-0.2, 0) is 10.0 Å². The first-order valence-electron chi connectivity index (χ1n) is 15.9. The molecule has 1 aromatic carbocycles. The van der Waals surface area contributed by atoms with E-state index in [4.69, 9.17) is 0 Å². The monoisotopic (exact) mass is 573 g/mol. The normalized spacial score (nSPS) is 41.9. The first-order chi connectivity index (χ1) is 18.9. The van der Waals surface area contributed by atoms with Crippen molar-refractivity contribution in [1.82, 2.24) is 4.72 Å². The highest BCUT2D eigenvalue weighted by molar-refractivity contribution is 7.90. The first kappa shape index (κ1) is 30.0. The van der Waals surface area contributed by atoms with Crippen LogP contribution in [-0.4, -0.2) is 42.5 Å². The van der Waals surface area contributed by atoms with E-state index in [-0.39, 0.29) is 34.7 Å². The molecule has 4 saturated carbocycles. The molecule has 0 heterocycles. The molecular formula is C33H51NO5S. The van der Waals surface area contributed by atoms with E-state index in [2.05, 4.69) is 32.4 Å². The average molecular weight is 574 g/mol. The number of rotatable bonds is 8. The number of amides is 1. The summed E-state index contributed by atoms with van der Waals surface area (Å²) in [7, 11) is -3.69. The second kappa shape index (κ2) is 11.3. The van der Waals surface area contributed by atoms with Crippen LogP contribution in [0.15, 0.2) is 30.3 Å². The van der Waals surface area contributed by atoms with Crippen LogP contribution in [0.5, 0.6) is 0 Å². The van der Waals surface area contributed by atoms with Crippen LogP contribution in [0.4, 0.5) is 0 Å². The van der Waals surface area contributed by atoms with E-state index in [1.54, 1.807) is 30.3 Å². The van der Waals surface area contributed by atoms with E-state index in [1.807, 2.05) is 0 Å². The van der Waals surface area contributed by atoms with Gasteiger partial charge in [0, 0.05) is 5.56 Å². The van der Waals surface area contributed by atoms with Gasteiger partial charge in [0.1, 0.15) is 0 Å². The molecule has 0 saturated heterocycles. The van der Waals surface area contributed by atoms with Gasteiger partial charge in [-0.05, 0) is 122 Å². The molecule has 3 unspecified atom stereocenters. The van der Waals surface area contributed by atoms with E-state index in [9.17, 15) is 23.4 Å². The molecule has 11 atom stereocenters. The van der Waals surface area contributed by atoms with Gasteiger partial charge >= 0.3 is 0 Å². The number of sulfonamides is 1. The minimum absolute atomic E-state index is 0.0457. The fraction of sp³-hybridized carbons (Fsp3) is 0.788. The number of nitrogens with one attached hydrogen (secondary N) is 1. The quantitative estimate of drug-likeness (QED) is 0.365. The Balaban J connectivity index is 1.24. The Kier molecular flexibility index (Phi) is 8.51. The fourth-order valence-corrected chi connectivity index (χ4v) is 11.6. The highest BCUT2D eigenvalue weighted by Gasteiger charge is 2.64. The van der Waals surface area contributed by atoms with Crippen molar-refractivity contribution in [3.63, 3.8) is 0 Å². The average Bonchev–Trinajstić information content (AvgIpc) is 3.27. The van der Waals surface area contributed by atoms with E-state index < -0.39 is 15.9 Å². The zero-order valence-electron chi connectivity index (χ0n) is 24.9. The van der Waals surface area contributed by atoms with Gasteiger partial charge in [-0.2, -0.15) is 0 Å². The van der Waals surface area contributed by atoms with Crippen LogP contribution in [0.3, 0.4) is 0 Å². The second-order valence-corrected chi connectivity index (χ2v) is 16.2. The second-order valence-electron chi connectivity index (χ2n) is 14.4. The Morgan fingerprint density at radius 1 is 1.00 bits per heavy atom. The van der Waals surface area contributed by atoms with Gasteiger partial charge < -0.3 is 10.2 Å². The summed E-state index contributed by atoms with van der Waals surface area (Å²) in [5, 5.41) is 22.4. The predicted molar refractivity (Wildman–Crippen MR) is 158 cm³/mol. The maximum atomic E-state index is 12.7. The minimum atomic E-state index is -3.69. The lowest BCUT2D eigenvalue weighted by atomic mass is 9.41. The Labute approximate surface area is 241 Å². The van der Waals surface area contributed by atoms with Crippen LogP contribution in [0.25, 0.3) is 0 Å². The number of aliphatic hydroxyl groups excluding tert-OH is 2.